The number of hydrogen-bond acceptors (Lipinski definition) is 6. The number of carbonyl (C=O) groups is 2. The summed E-state index contributed by atoms with van der Waals surface area (Å²) in [7, 11) is -3.86. The van der Waals surface area contributed by atoms with E-state index in [0.717, 1.165) is 23.2 Å². The molecule has 1 aliphatic heterocycles. The molecule has 1 aliphatic rings. The van der Waals surface area contributed by atoms with Gasteiger partial charge in [-0.25, -0.2) is 13.2 Å². The average molecular weight is 556 g/mol. The lowest BCUT2D eigenvalue weighted by Gasteiger charge is -2.35. The van der Waals surface area contributed by atoms with Gasteiger partial charge in [0.1, 0.15) is 0 Å². The van der Waals surface area contributed by atoms with E-state index in [2.05, 4.69) is 10.2 Å². The van der Waals surface area contributed by atoms with E-state index >= 15 is 0 Å². The maximum absolute atomic E-state index is 13.3. The van der Waals surface area contributed by atoms with Crippen molar-refractivity contribution in [2.24, 2.45) is 0 Å². The fraction of sp³-hybridized carbons (Fsp3) is 0.286. The van der Waals surface area contributed by atoms with Gasteiger partial charge in [-0.2, -0.15) is 4.31 Å². The van der Waals surface area contributed by atoms with E-state index in [1.54, 1.807) is 0 Å². The van der Waals surface area contributed by atoms with Gasteiger partial charge in [0.05, 0.1) is 15.5 Å². The van der Waals surface area contributed by atoms with E-state index in [0.29, 0.717) is 31.9 Å². The minimum absolute atomic E-state index is 0.0374. The van der Waals surface area contributed by atoms with Crippen molar-refractivity contribution < 1.29 is 22.7 Å². The zero-order valence-corrected chi connectivity index (χ0v) is 22.9. The second-order valence-electron chi connectivity index (χ2n) is 8.96. The summed E-state index contributed by atoms with van der Waals surface area (Å²) in [5.74, 6) is -1.38. The van der Waals surface area contributed by atoms with Crippen LogP contribution in [0.5, 0.6) is 0 Å². The number of ether oxygens (including phenoxy) is 1. The Morgan fingerprint density at radius 1 is 0.974 bits per heavy atom. The van der Waals surface area contributed by atoms with Gasteiger partial charge in [-0.1, -0.05) is 54.9 Å². The molecule has 0 aliphatic carbocycles. The molecule has 1 heterocycles. The highest BCUT2D eigenvalue weighted by atomic mass is 35.5. The number of halogens is 1. The number of aryl methyl sites for hydroxylation is 2. The predicted octanol–water partition coefficient (Wildman–Crippen LogP) is 4.52. The topological polar surface area (TPSA) is 96.0 Å². The molecule has 0 unspecified atom stereocenters. The fourth-order valence-corrected chi connectivity index (χ4v) is 6.03. The van der Waals surface area contributed by atoms with Crippen LogP contribution in [-0.4, -0.2) is 57.4 Å². The number of rotatable bonds is 8. The van der Waals surface area contributed by atoms with E-state index in [9.17, 15) is 18.0 Å². The van der Waals surface area contributed by atoms with Gasteiger partial charge >= 0.3 is 5.97 Å². The van der Waals surface area contributed by atoms with Crippen LogP contribution in [0.3, 0.4) is 0 Å². The summed E-state index contributed by atoms with van der Waals surface area (Å²) < 4.78 is 33.2. The van der Waals surface area contributed by atoms with E-state index in [1.165, 1.54) is 22.5 Å². The maximum atomic E-state index is 13.3. The van der Waals surface area contributed by atoms with Gasteiger partial charge in [0, 0.05) is 37.6 Å². The van der Waals surface area contributed by atoms with Gasteiger partial charge in [-0.15, -0.1) is 0 Å². The number of sulfonamides is 1. The quantitative estimate of drug-likeness (QED) is 0.411. The van der Waals surface area contributed by atoms with Crippen LogP contribution >= 0.6 is 11.6 Å². The lowest BCUT2D eigenvalue weighted by molar-refractivity contribution is -0.119. The Bertz CT molecular complexity index is 1420. The van der Waals surface area contributed by atoms with Crippen molar-refractivity contribution in [1.29, 1.82) is 0 Å². The minimum atomic E-state index is -3.86. The molecule has 4 rings (SSSR count). The Labute approximate surface area is 228 Å². The molecule has 10 heteroatoms. The van der Waals surface area contributed by atoms with Crippen molar-refractivity contribution in [3.8, 4) is 0 Å². The maximum Gasteiger partial charge on any atom is 0.340 e. The van der Waals surface area contributed by atoms with Gasteiger partial charge in [0.2, 0.25) is 10.0 Å². The number of benzene rings is 3. The third kappa shape index (κ3) is 6.18. The highest BCUT2D eigenvalue weighted by Gasteiger charge is 2.30. The SMILES string of the molecule is CCc1cccc(C)c1NC(=O)COC(=O)c1cc(S(=O)(=O)N2CCN(c3ccccc3)CC2)ccc1Cl. The molecule has 0 aromatic heterocycles. The molecular formula is C28H30ClN3O5S. The van der Waals surface area contributed by atoms with Gasteiger partial charge in [0.25, 0.3) is 5.91 Å². The van der Waals surface area contributed by atoms with Gasteiger partial charge in [-0.3, -0.25) is 4.79 Å². The van der Waals surface area contributed by atoms with Gasteiger partial charge in [-0.05, 0) is 54.8 Å². The lowest BCUT2D eigenvalue weighted by atomic mass is 10.1. The van der Waals surface area contributed by atoms with Crippen molar-refractivity contribution in [2.45, 2.75) is 25.2 Å². The van der Waals surface area contributed by atoms with Crippen molar-refractivity contribution in [2.75, 3.05) is 43.0 Å². The summed E-state index contributed by atoms with van der Waals surface area (Å²) in [5, 5.41) is 2.83. The first-order valence-corrected chi connectivity index (χ1v) is 14.2. The number of hydrogen-bond donors (Lipinski definition) is 1. The largest absolute Gasteiger partial charge is 0.452 e. The zero-order valence-electron chi connectivity index (χ0n) is 21.3. The Morgan fingerprint density at radius 2 is 1.68 bits per heavy atom. The summed E-state index contributed by atoms with van der Waals surface area (Å²) in [6.07, 6.45) is 0.731. The van der Waals surface area contributed by atoms with Crippen LogP contribution in [0.2, 0.25) is 5.02 Å². The Hall–Kier alpha value is -3.40. The number of nitrogens with zero attached hydrogens (tertiary/aromatic N) is 2. The summed E-state index contributed by atoms with van der Waals surface area (Å²) in [6, 6.07) is 19.5. The lowest BCUT2D eigenvalue weighted by Crippen LogP contribution is -2.48. The molecule has 1 amide bonds. The number of piperazine rings is 1. The molecular weight excluding hydrogens is 526 g/mol. The van der Waals surface area contributed by atoms with E-state index in [4.69, 9.17) is 16.3 Å². The van der Waals surface area contributed by atoms with Crippen molar-refractivity contribution >= 4 is 44.9 Å². The molecule has 8 nitrogen and oxygen atoms in total. The zero-order chi connectivity index (χ0) is 27.3. The molecule has 0 bridgehead atoms. The number of nitrogens with one attached hydrogen (secondary N) is 1. The molecule has 1 fully saturated rings. The molecule has 0 spiro atoms. The van der Waals surface area contributed by atoms with Crippen LogP contribution < -0.4 is 10.2 Å². The molecule has 1 saturated heterocycles. The van der Waals surface area contributed by atoms with Crippen LogP contribution in [0, 0.1) is 6.92 Å². The van der Waals surface area contributed by atoms with E-state index in [1.807, 2.05) is 62.4 Å². The standard InChI is InChI=1S/C28H30ClN3O5S/c1-3-21-9-7-8-20(2)27(21)30-26(33)19-37-28(34)24-18-23(12-13-25(24)29)38(35,36)32-16-14-31(15-17-32)22-10-5-4-6-11-22/h4-13,18H,3,14-17,19H2,1-2H3,(H,30,33). The molecule has 3 aromatic rings. The minimum Gasteiger partial charge on any atom is -0.452 e. The highest BCUT2D eigenvalue weighted by Crippen LogP contribution is 2.26. The third-order valence-electron chi connectivity index (χ3n) is 6.49. The molecule has 0 radical (unpaired) electrons. The summed E-state index contributed by atoms with van der Waals surface area (Å²) in [6.45, 7) is 5.02. The highest BCUT2D eigenvalue weighted by molar-refractivity contribution is 7.89. The summed E-state index contributed by atoms with van der Waals surface area (Å²) in [5.41, 5.74) is 3.48. The van der Waals surface area contributed by atoms with Gasteiger partial charge in [0.15, 0.2) is 6.61 Å². The fourth-order valence-electron chi connectivity index (χ4n) is 4.38. The second kappa shape index (κ2) is 12.0. The summed E-state index contributed by atoms with van der Waals surface area (Å²) in [4.78, 5) is 27.3. The van der Waals surface area contributed by atoms with Gasteiger partial charge < -0.3 is 15.0 Å². The Kier molecular flexibility index (Phi) is 8.71. The van der Waals surface area contributed by atoms with Crippen molar-refractivity contribution in [1.82, 2.24) is 4.31 Å². The van der Waals surface area contributed by atoms with Crippen LogP contribution in [0.15, 0.2) is 71.6 Å². The molecule has 0 saturated carbocycles. The smallest absolute Gasteiger partial charge is 0.340 e. The Morgan fingerprint density at radius 3 is 2.37 bits per heavy atom. The molecule has 38 heavy (non-hydrogen) atoms. The second-order valence-corrected chi connectivity index (χ2v) is 11.3. The number of para-hydroxylation sites is 2. The first-order valence-electron chi connectivity index (χ1n) is 12.4. The third-order valence-corrected chi connectivity index (χ3v) is 8.72. The molecule has 1 N–H and O–H groups in total. The van der Waals surface area contributed by atoms with Crippen molar-refractivity contribution in [3.63, 3.8) is 0 Å². The van der Waals surface area contributed by atoms with Crippen LogP contribution in [0.1, 0.15) is 28.4 Å². The average Bonchev–Trinajstić information content (AvgIpc) is 2.93. The van der Waals surface area contributed by atoms with Crippen LogP contribution in [0.4, 0.5) is 11.4 Å². The van der Waals surface area contributed by atoms with E-state index < -0.39 is 28.5 Å². The summed E-state index contributed by atoms with van der Waals surface area (Å²) >= 11 is 6.20. The number of esters is 1. The van der Waals surface area contributed by atoms with E-state index in [-0.39, 0.29) is 15.5 Å². The first-order chi connectivity index (χ1) is 18.2. The number of carbonyl (C=O) groups excluding carboxylic acids is 2. The normalized spacial score (nSPS) is 14.2. The predicted molar refractivity (Wildman–Crippen MR) is 148 cm³/mol. The number of anilines is 2. The number of amides is 1. The Balaban J connectivity index is 1.41. The monoisotopic (exact) mass is 555 g/mol. The van der Waals surface area contributed by atoms with Crippen LogP contribution in [0.25, 0.3) is 0 Å². The van der Waals surface area contributed by atoms with Crippen molar-refractivity contribution in [3.05, 3.63) is 88.4 Å². The van der Waals surface area contributed by atoms with Crippen LogP contribution in [-0.2, 0) is 26.0 Å². The molecule has 3 aromatic carbocycles. The molecule has 200 valence electrons. The molecule has 0 atom stereocenters. The first kappa shape index (κ1) is 27.6.